The number of hydrogen-bond acceptors (Lipinski definition) is 5. The summed E-state index contributed by atoms with van der Waals surface area (Å²) in [6.45, 7) is 11.0. The maximum absolute atomic E-state index is 13.5. The van der Waals surface area contributed by atoms with Crippen molar-refractivity contribution in [3.05, 3.63) is 46.7 Å². The van der Waals surface area contributed by atoms with E-state index in [1.54, 1.807) is 51.4 Å². The number of rotatable bonds is 8. The molecule has 8 heteroatoms. The van der Waals surface area contributed by atoms with Gasteiger partial charge in [-0.2, -0.15) is 0 Å². The molecule has 2 rings (SSSR count). The predicted molar refractivity (Wildman–Crippen MR) is 113 cm³/mol. The standard InChI is InChI=1S/C22H31N3O5/c1-8-29-21(27)19-14(4)18(15(5)24(19)7)20(26)16(6)25(22(28)23-13(2)3)12-17-10-9-11-30-17/h9-11,13,16H,8,12H2,1-7H3,(H,23,28). The highest BCUT2D eigenvalue weighted by Crippen LogP contribution is 2.25. The Labute approximate surface area is 177 Å². The average molecular weight is 418 g/mol. The van der Waals surface area contributed by atoms with E-state index < -0.39 is 12.0 Å². The van der Waals surface area contributed by atoms with Gasteiger partial charge in [0.25, 0.3) is 0 Å². The van der Waals surface area contributed by atoms with Crippen molar-refractivity contribution < 1.29 is 23.5 Å². The van der Waals surface area contributed by atoms with E-state index in [1.165, 1.54) is 11.2 Å². The second-order valence-electron chi connectivity index (χ2n) is 7.57. The molecule has 0 aliphatic rings. The average Bonchev–Trinajstić information content (AvgIpc) is 3.25. The minimum atomic E-state index is -0.774. The van der Waals surface area contributed by atoms with Gasteiger partial charge in [-0.15, -0.1) is 0 Å². The van der Waals surface area contributed by atoms with Crippen LogP contribution in [0.4, 0.5) is 4.79 Å². The molecular weight excluding hydrogens is 386 g/mol. The summed E-state index contributed by atoms with van der Waals surface area (Å²) in [4.78, 5) is 40.1. The first-order chi connectivity index (χ1) is 14.1. The lowest BCUT2D eigenvalue weighted by Gasteiger charge is -2.29. The first-order valence-corrected chi connectivity index (χ1v) is 10.1. The summed E-state index contributed by atoms with van der Waals surface area (Å²) in [5, 5.41) is 2.84. The molecule has 2 heterocycles. The second-order valence-corrected chi connectivity index (χ2v) is 7.57. The fraction of sp³-hybridized carbons (Fsp3) is 0.500. The number of Topliss-reactive ketones (excluding diaryl/α,β-unsaturated/α-hetero) is 1. The van der Waals surface area contributed by atoms with E-state index in [-0.39, 0.29) is 31.0 Å². The van der Waals surface area contributed by atoms with E-state index in [0.717, 1.165) is 0 Å². The van der Waals surface area contributed by atoms with Crippen molar-refractivity contribution in [2.75, 3.05) is 6.61 Å². The minimum Gasteiger partial charge on any atom is -0.467 e. The number of carbonyl (C=O) groups is 3. The summed E-state index contributed by atoms with van der Waals surface area (Å²) < 4.78 is 12.2. The van der Waals surface area contributed by atoms with Crippen LogP contribution in [0, 0.1) is 13.8 Å². The Morgan fingerprint density at radius 1 is 1.23 bits per heavy atom. The third-order valence-corrected chi connectivity index (χ3v) is 5.07. The molecule has 0 spiro atoms. The van der Waals surface area contributed by atoms with E-state index in [2.05, 4.69) is 5.32 Å². The number of ketones is 1. The van der Waals surface area contributed by atoms with E-state index in [9.17, 15) is 14.4 Å². The summed E-state index contributed by atoms with van der Waals surface area (Å²) in [6.07, 6.45) is 1.53. The molecule has 2 amide bonds. The van der Waals surface area contributed by atoms with Gasteiger partial charge in [-0.05, 0) is 59.2 Å². The summed E-state index contributed by atoms with van der Waals surface area (Å²) >= 11 is 0. The highest BCUT2D eigenvalue weighted by atomic mass is 16.5. The van der Waals surface area contributed by atoms with Crippen LogP contribution in [0.2, 0.25) is 0 Å². The van der Waals surface area contributed by atoms with Crippen molar-refractivity contribution in [1.82, 2.24) is 14.8 Å². The van der Waals surface area contributed by atoms with Gasteiger partial charge in [0.15, 0.2) is 5.78 Å². The lowest BCUT2D eigenvalue weighted by molar-refractivity contribution is 0.0514. The number of carbonyl (C=O) groups excluding carboxylic acids is 3. The van der Waals surface area contributed by atoms with Gasteiger partial charge in [0.05, 0.1) is 25.5 Å². The largest absolute Gasteiger partial charge is 0.467 e. The number of aromatic nitrogens is 1. The highest BCUT2D eigenvalue weighted by Gasteiger charge is 2.33. The molecule has 1 unspecified atom stereocenters. The Balaban J connectivity index is 2.42. The normalized spacial score (nSPS) is 12.0. The van der Waals surface area contributed by atoms with Gasteiger partial charge in [0.2, 0.25) is 0 Å². The van der Waals surface area contributed by atoms with Gasteiger partial charge < -0.3 is 23.9 Å². The molecule has 0 aromatic carbocycles. The number of urea groups is 1. The number of amides is 2. The van der Waals surface area contributed by atoms with Gasteiger partial charge in [-0.3, -0.25) is 4.79 Å². The molecule has 0 aliphatic heterocycles. The smallest absolute Gasteiger partial charge is 0.355 e. The maximum atomic E-state index is 13.5. The molecule has 0 saturated heterocycles. The van der Waals surface area contributed by atoms with Crippen LogP contribution in [0.3, 0.4) is 0 Å². The van der Waals surface area contributed by atoms with E-state index in [4.69, 9.17) is 9.15 Å². The summed E-state index contributed by atoms with van der Waals surface area (Å²) in [6, 6.07) is 2.26. The fourth-order valence-corrected chi connectivity index (χ4v) is 3.46. The first kappa shape index (κ1) is 23.3. The molecule has 0 bridgehead atoms. The van der Waals surface area contributed by atoms with Crippen molar-refractivity contribution in [3.63, 3.8) is 0 Å². The summed E-state index contributed by atoms with van der Waals surface area (Å²) in [5.74, 6) is -0.152. The molecule has 2 aromatic rings. The summed E-state index contributed by atoms with van der Waals surface area (Å²) in [7, 11) is 1.72. The molecule has 2 aromatic heterocycles. The number of furan rings is 1. The fourth-order valence-electron chi connectivity index (χ4n) is 3.46. The molecule has 30 heavy (non-hydrogen) atoms. The SMILES string of the molecule is CCOC(=O)c1c(C)c(C(=O)C(C)N(Cc2ccco2)C(=O)NC(C)C)c(C)n1C. The maximum Gasteiger partial charge on any atom is 0.355 e. The van der Waals surface area contributed by atoms with Crippen molar-refractivity contribution in [2.45, 2.75) is 60.2 Å². The second kappa shape index (κ2) is 9.65. The number of nitrogens with zero attached hydrogens (tertiary/aromatic N) is 2. The zero-order valence-corrected chi connectivity index (χ0v) is 18.7. The molecule has 1 N–H and O–H groups in total. The summed E-state index contributed by atoms with van der Waals surface area (Å²) in [5.41, 5.74) is 1.96. The van der Waals surface area contributed by atoms with Crippen LogP contribution in [0.5, 0.6) is 0 Å². The van der Waals surface area contributed by atoms with Crippen molar-refractivity contribution in [3.8, 4) is 0 Å². The Kier molecular flexibility index (Phi) is 7.48. The monoisotopic (exact) mass is 417 g/mol. The van der Waals surface area contributed by atoms with E-state index in [0.29, 0.717) is 28.3 Å². The lowest BCUT2D eigenvalue weighted by atomic mass is 10.00. The van der Waals surface area contributed by atoms with Crippen LogP contribution in [0.25, 0.3) is 0 Å². The quantitative estimate of drug-likeness (QED) is 0.523. The zero-order valence-electron chi connectivity index (χ0n) is 18.7. The molecule has 1 atom stereocenters. The van der Waals surface area contributed by atoms with Crippen molar-refractivity contribution >= 4 is 17.8 Å². The van der Waals surface area contributed by atoms with Crippen LogP contribution >= 0.6 is 0 Å². The molecule has 0 aliphatic carbocycles. The Morgan fingerprint density at radius 3 is 2.43 bits per heavy atom. The van der Waals surface area contributed by atoms with Crippen LogP contribution in [-0.2, 0) is 18.3 Å². The minimum absolute atomic E-state index is 0.0884. The Hall–Kier alpha value is -3.03. The van der Waals surface area contributed by atoms with Gasteiger partial charge in [-0.1, -0.05) is 0 Å². The van der Waals surface area contributed by atoms with Crippen LogP contribution in [-0.4, -0.2) is 45.9 Å². The number of ether oxygens (including phenoxy) is 1. The van der Waals surface area contributed by atoms with Crippen LogP contribution < -0.4 is 5.32 Å². The number of nitrogens with one attached hydrogen (secondary N) is 1. The van der Waals surface area contributed by atoms with Crippen molar-refractivity contribution in [2.24, 2.45) is 7.05 Å². The topological polar surface area (TPSA) is 93.8 Å². The zero-order chi connectivity index (χ0) is 22.6. The van der Waals surface area contributed by atoms with Crippen LogP contribution in [0.1, 0.15) is 65.6 Å². The van der Waals surface area contributed by atoms with Crippen molar-refractivity contribution in [1.29, 1.82) is 0 Å². The van der Waals surface area contributed by atoms with E-state index >= 15 is 0 Å². The lowest BCUT2D eigenvalue weighted by Crippen LogP contribution is -2.49. The Bertz CT molecular complexity index is 912. The first-order valence-electron chi connectivity index (χ1n) is 10.1. The number of hydrogen-bond donors (Lipinski definition) is 1. The van der Waals surface area contributed by atoms with Gasteiger partial charge in [0, 0.05) is 24.3 Å². The molecule has 164 valence electrons. The molecular formula is C22H31N3O5. The third kappa shape index (κ3) is 4.75. The molecule has 0 radical (unpaired) electrons. The van der Waals surface area contributed by atoms with E-state index in [1.807, 2.05) is 13.8 Å². The molecule has 8 nitrogen and oxygen atoms in total. The molecule has 0 fully saturated rings. The Morgan fingerprint density at radius 2 is 1.90 bits per heavy atom. The predicted octanol–water partition coefficient (Wildman–Crippen LogP) is 3.60. The highest BCUT2D eigenvalue weighted by molar-refractivity contribution is 6.06. The van der Waals surface area contributed by atoms with Gasteiger partial charge in [-0.25, -0.2) is 9.59 Å². The van der Waals surface area contributed by atoms with Crippen LogP contribution in [0.15, 0.2) is 22.8 Å². The third-order valence-electron chi connectivity index (χ3n) is 5.07. The van der Waals surface area contributed by atoms with Gasteiger partial charge >= 0.3 is 12.0 Å². The number of esters is 1. The molecule has 0 saturated carbocycles. The van der Waals surface area contributed by atoms with Gasteiger partial charge in [0.1, 0.15) is 11.5 Å².